The molecule has 20 heavy (non-hydrogen) atoms. The summed E-state index contributed by atoms with van der Waals surface area (Å²) in [6.07, 6.45) is 3.40. The summed E-state index contributed by atoms with van der Waals surface area (Å²) in [7, 11) is 0. The Labute approximate surface area is 118 Å². The Morgan fingerprint density at radius 1 is 1.25 bits per heavy atom. The van der Waals surface area contributed by atoms with Crippen molar-refractivity contribution in [3.05, 3.63) is 35.9 Å². The highest BCUT2D eigenvalue weighted by Crippen LogP contribution is 2.37. The summed E-state index contributed by atoms with van der Waals surface area (Å²) in [5.41, 5.74) is 5.73. The molecule has 1 aromatic rings. The van der Waals surface area contributed by atoms with Gasteiger partial charge in [0.1, 0.15) is 0 Å². The number of carbonyl (C=O) groups is 2. The normalized spacial score (nSPS) is 18.4. The smallest absolute Gasteiger partial charge is 0.330 e. The van der Waals surface area contributed by atoms with E-state index in [9.17, 15) is 14.7 Å². The zero-order chi connectivity index (χ0) is 14.6. The van der Waals surface area contributed by atoms with Crippen LogP contribution in [-0.2, 0) is 9.59 Å². The first-order valence-corrected chi connectivity index (χ1v) is 6.88. The maximum atomic E-state index is 12.4. The van der Waals surface area contributed by atoms with Crippen molar-refractivity contribution in [1.29, 1.82) is 0 Å². The molecule has 5 heteroatoms. The van der Waals surface area contributed by atoms with E-state index in [2.05, 4.69) is 5.32 Å². The van der Waals surface area contributed by atoms with Crippen molar-refractivity contribution in [2.45, 2.75) is 31.7 Å². The molecule has 5 nitrogen and oxygen atoms in total. The number of benzene rings is 1. The summed E-state index contributed by atoms with van der Waals surface area (Å²) in [6.45, 7) is 0.264. The fraction of sp³-hybridized carbons (Fsp3) is 0.467. The van der Waals surface area contributed by atoms with Gasteiger partial charge in [-0.1, -0.05) is 43.2 Å². The van der Waals surface area contributed by atoms with Gasteiger partial charge in [-0.05, 0) is 18.4 Å². The Morgan fingerprint density at radius 3 is 2.35 bits per heavy atom. The van der Waals surface area contributed by atoms with Crippen molar-refractivity contribution in [3.8, 4) is 0 Å². The Morgan fingerprint density at radius 2 is 1.85 bits per heavy atom. The summed E-state index contributed by atoms with van der Waals surface area (Å²) in [5, 5.41) is 12.0. The second-order valence-electron chi connectivity index (χ2n) is 5.35. The number of carboxylic acids is 1. The van der Waals surface area contributed by atoms with Crippen molar-refractivity contribution >= 4 is 11.9 Å². The molecule has 2 rings (SSSR count). The molecular formula is C15H20N2O3. The highest BCUT2D eigenvalue weighted by Gasteiger charge is 2.41. The molecule has 1 aromatic carbocycles. The van der Waals surface area contributed by atoms with Crippen molar-refractivity contribution in [2.75, 3.05) is 6.54 Å². The predicted octanol–water partition coefficient (Wildman–Crippen LogP) is 1.45. The molecule has 1 fully saturated rings. The lowest BCUT2D eigenvalue weighted by Crippen LogP contribution is -2.47. The number of amides is 1. The van der Waals surface area contributed by atoms with E-state index >= 15 is 0 Å². The van der Waals surface area contributed by atoms with E-state index in [-0.39, 0.29) is 12.5 Å². The minimum atomic E-state index is -1.06. The average molecular weight is 276 g/mol. The van der Waals surface area contributed by atoms with Gasteiger partial charge in [0, 0.05) is 6.54 Å². The van der Waals surface area contributed by atoms with E-state index in [4.69, 9.17) is 5.73 Å². The van der Waals surface area contributed by atoms with Crippen LogP contribution in [0.4, 0.5) is 0 Å². The van der Waals surface area contributed by atoms with Gasteiger partial charge >= 0.3 is 5.97 Å². The molecular weight excluding hydrogens is 256 g/mol. The van der Waals surface area contributed by atoms with Crippen LogP contribution < -0.4 is 11.1 Å². The van der Waals surface area contributed by atoms with Crippen LogP contribution in [0.2, 0.25) is 0 Å². The second kappa shape index (κ2) is 6.05. The Balaban J connectivity index is 2.17. The van der Waals surface area contributed by atoms with Gasteiger partial charge in [-0.3, -0.25) is 4.79 Å². The summed E-state index contributed by atoms with van der Waals surface area (Å²) < 4.78 is 0. The summed E-state index contributed by atoms with van der Waals surface area (Å²) in [6, 6.07) is 7.69. The van der Waals surface area contributed by atoms with Gasteiger partial charge in [-0.25, -0.2) is 4.79 Å². The minimum Gasteiger partial charge on any atom is -0.479 e. The topological polar surface area (TPSA) is 92.4 Å². The molecule has 0 aliphatic heterocycles. The van der Waals surface area contributed by atoms with Gasteiger partial charge in [0.15, 0.2) is 6.04 Å². The number of nitrogens with one attached hydrogen (secondary N) is 1. The molecule has 0 radical (unpaired) electrons. The summed E-state index contributed by atoms with van der Waals surface area (Å²) in [5.74, 6) is -1.30. The molecule has 0 spiro atoms. The van der Waals surface area contributed by atoms with E-state index in [1.54, 1.807) is 24.3 Å². The highest BCUT2D eigenvalue weighted by atomic mass is 16.4. The molecule has 0 unspecified atom stereocenters. The first-order chi connectivity index (χ1) is 9.59. The monoisotopic (exact) mass is 276 g/mol. The third-order valence-electron chi connectivity index (χ3n) is 4.09. The van der Waals surface area contributed by atoms with Crippen molar-refractivity contribution < 1.29 is 14.7 Å². The largest absolute Gasteiger partial charge is 0.479 e. The lowest BCUT2D eigenvalue weighted by atomic mass is 9.85. The Kier molecular flexibility index (Phi) is 4.39. The number of aliphatic carboxylic acids is 1. The number of carboxylic acid groups (broad SMARTS) is 1. The third kappa shape index (κ3) is 2.82. The number of nitrogens with two attached hydrogens (primary N) is 1. The molecule has 1 aliphatic carbocycles. The van der Waals surface area contributed by atoms with Gasteiger partial charge < -0.3 is 16.2 Å². The molecule has 1 amide bonds. The van der Waals surface area contributed by atoms with E-state index < -0.39 is 17.4 Å². The van der Waals surface area contributed by atoms with Crippen LogP contribution in [-0.4, -0.2) is 23.5 Å². The minimum absolute atomic E-state index is 0.242. The zero-order valence-electron chi connectivity index (χ0n) is 11.3. The van der Waals surface area contributed by atoms with Gasteiger partial charge in [-0.15, -0.1) is 0 Å². The predicted molar refractivity (Wildman–Crippen MR) is 74.9 cm³/mol. The molecule has 0 bridgehead atoms. The number of rotatable bonds is 5. The van der Waals surface area contributed by atoms with Crippen LogP contribution in [0, 0.1) is 5.41 Å². The molecule has 4 N–H and O–H groups in total. The third-order valence-corrected chi connectivity index (χ3v) is 4.09. The fourth-order valence-corrected chi connectivity index (χ4v) is 2.79. The maximum Gasteiger partial charge on any atom is 0.330 e. The van der Waals surface area contributed by atoms with E-state index in [1.807, 2.05) is 6.07 Å². The van der Waals surface area contributed by atoms with Crippen molar-refractivity contribution in [3.63, 3.8) is 0 Å². The lowest BCUT2D eigenvalue weighted by molar-refractivity contribution is -0.144. The molecule has 0 saturated heterocycles. The van der Waals surface area contributed by atoms with Crippen molar-refractivity contribution in [2.24, 2.45) is 11.1 Å². The van der Waals surface area contributed by atoms with Gasteiger partial charge in [-0.2, -0.15) is 0 Å². The van der Waals surface area contributed by atoms with Crippen LogP contribution in [0.15, 0.2) is 30.3 Å². The van der Waals surface area contributed by atoms with Crippen LogP contribution in [0.1, 0.15) is 37.3 Å². The van der Waals surface area contributed by atoms with Crippen LogP contribution in [0.3, 0.4) is 0 Å². The molecule has 1 saturated carbocycles. The van der Waals surface area contributed by atoms with Crippen LogP contribution in [0.25, 0.3) is 0 Å². The van der Waals surface area contributed by atoms with Crippen LogP contribution in [0.5, 0.6) is 0 Å². The quantitative estimate of drug-likeness (QED) is 0.759. The van der Waals surface area contributed by atoms with Crippen molar-refractivity contribution in [1.82, 2.24) is 5.32 Å². The van der Waals surface area contributed by atoms with E-state index in [0.717, 1.165) is 25.7 Å². The molecule has 1 atom stereocenters. The molecule has 108 valence electrons. The van der Waals surface area contributed by atoms with Gasteiger partial charge in [0.25, 0.3) is 0 Å². The number of hydrogen-bond donors (Lipinski definition) is 3. The average Bonchev–Trinajstić information content (AvgIpc) is 2.95. The number of hydrogen-bond acceptors (Lipinski definition) is 3. The van der Waals surface area contributed by atoms with E-state index in [1.165, 1.54) is 0 Å². The van der Waals surface area contributed by atoms with E-state index in [0.29, 0.717) is 5.56 Å². The standard InChI is InChI=1S/C15H20N2O3/c16-10-15(8-4-5-9-15)14(20)17-12(13(18)19)11-6-2-1-3-7-11/h1-3,6-7,12H,4-5,8-10,16H2,(H,17,20)(H,18,19)/t12-/m0/s1. The fourth-order valence-electron chi connectivity index (χ4n) is 2.79. The first kappa shape index (κ1) is 14.5. The summed E-state index contributed by atoms with van der Waals surface area (Å²) in [4.78, 5) is 23.8. The Bertz CT molecular complexity index is 481. The highest BCUT2D eigenvalue weighted by molar-refractivity contribution is 5.88. The zero-order valence-corrected chi connectivity index (χ0v) is 11.3. The van der Waals surface area contributed by atoms with Gasteiger partial charge in [0.2, 0.25) is 5.91 Å². The molecule has 0 aromatic heterocycles. The Hall–Kier alpha value is -1.88. The lowest BCUT2D eigenvalue weighted by Gasteiger charge is -2.28. The molecule has 1 aliphatic rings. The van der Waals surface area contributed by atoms with Gasteiger partial charge in [0.05, 0.1) is 5.41 Å². The molecule has 0 heterocycles. The maximum absolute atomic E-state index is 12.4. The summed E-state index contributed by atoms with van der Waals surface area (Å²) >= 11 is 0. The SMILES string of the molecule is NCC1(C(=O)N[C@H](C(=O)O)c2ccccc2)CCCC1. The second-order valence-corrected chi connectivity index (χ2v) is 5.35. The van der Waals surface area contributed by atoms with Crippen LogP contribution >= 0.6 is 0 Å². The number of carbonyl (C=O) groups excluding carboxylic acids is 1. The first-order valence-electron chi connectivity index (χ1n) is 6.88.